The van der Waals surface area contributed by atoms with Crippen molar-refractivity contribution in [3.8, 4) is 0 Å². The molecule has 0 aliphatic heterocycles. The molecular weight excluding hydrogens is 390 g/mol. The summed E-state index contributed by atoms with van der Waals surface area (Å²) in [7, 11) is 0. The number of carbonyl (C=O) groups excluding carboxylic acids is 1. The Balaban J connectivity index is 0.000000217. The molecule has 6 unspecified atom stereocenters. The number of carbonyl (C=O) groups is 2. The van der Waals surface area contributed by atoms with Gasteiger partial charge in [-0.15, -0.1) is 0 Å². The molecule has 3 saturated carbocycles. The normalized spacial score (nSPS) is 28.9. The zero-order valence-corrected chi connectivity index (χ0v) is 17.9. The van der Waals surface area contributed by atoms with E-state index in [1.165, 1.54) is 43.4 Å². The van der Waals surface area contributed by atoms with Gasteiger partial charge in [-0.1, -0.05) is 48.9 Å². The first kappa shape index (κ1) is 21.6. The minimum atomic E-state index is -1.09. The molecule has 164 valence electrons. The molecule has 0 radical (unpaired) electrons. The maximum absolute atomic E-state index is 12.4. The molecule has 2 bridgehead atoms. The molecule has 0 aromatic heterocycles. The molecule has 3 aliphatic carbocycles. The van der Waals surface area contributed by atoms with Crippen LogP contribution >= 0.6 is 0 Å². The first-order chi connectivity index (χ1) is 15.0. The van der Waals surface area contributed by atoms with Crippen molar-refractivity contribution in [1.82, 2.24) is 0 Å². The van der Waals surface area contributed by atoms with Gasteiger partial charge < -0.3 is 15.6 Å². The topological polar surface area (TPSA) is 89.6 Å². The number of ether oxygens (including phenoxy) is 1. The minimum absolute atomic E-state index is 0.0151. The highest BCUT2D eigenvalue weighted by molar-refractivity contribution is 6.02. The van der Waals surface area contributed by atoms with Crippen molar-refractivity contribution in [2.45, 2.75) is 51.2 Å². The zero-order valence-electron chi connectivity index (χ0n) is 17.9. The van der Waals surface area contributed by atoms with E-state index in [4.69, 9.17) is 10.5 Å². The third kappa shape index (κ3) is 4.52. The van der Waals surface area contributed by atoms with Gasteiger partial charge in [0.15, 0.2) is 0 Å². The molecule has 0 heterocycles. The van der Waals surface area contributed by atoms with Gasteiger partial charge in [-0.05, 0) is 74.0 Å². The standard InChI is InChI=1S/C18H20O4.C8H11N/c19-17(20)13-4-1-2-5-14(13)18(21)22-16-9-10-8-15(16)12-7-3-6-11(10)12;1-7(9)8-5-3-2-4-6-8/h1-2,4-5,10-12,15-16H,3,6-9H2,(H,19,20);2-7H,9H2,1H3. The predicted octanol–water partition coefficient (Wildman–Crippen LogP) is 5.07. The Labute approximate surface area is 183 Å². The van der Waals surface area contributed by atoms with Crippen LogP contribution in [0.1, 0.15) is 71.3 Å². The number of hydrogen-bond donors (Lipinski definition) is 2. The van der Waals surface area contributed by atoms with Gasteiger partial charge in [-0.2, -0.15) is 0 Å². The monoisotopic (exact) mass is 421 g/mol. The first-order valence-corrected chi connectivity index (χ1v) is 11.3. The van der Waals surface area contributed by atoms with Crippen molar-refractivity contribution in [2.75, 3.05) is 0 Å². The van der Waals surface area contributed by atoms with Crippen LogP contribution in [-0.2, 0) is 4.74 Å². The Bertz CT molecular complexity index is 926. The summed E-state index contributed by atoms with van der Waals surface area (Å²) in [5.74, 6) is 1.22. The summed E-state index contributed by atoms with van der Waals surface area (Å²) < 4.78 is 5.73. The smallest absolute Gasteiger partial charge is 0.339 e. The van der Waals surface area contributed by atoms with Crippen molar-refractivity contribution >= 4 is 11.9 Å². The van der Waals surface area contributed by atoms with Crippen LogP contribution < -0.4 is 5.73 Å². The molecule has 3 fully saturated rings. The van der Waals surface area contributed by atoms with E-state index in [1.807, 2.05) is 37.3 Å². The van der Waals surface area contributed by atoms with Gasteiger partial charge >= 0.3 is 11.9 Å². The van der Waals surface area contributed by atoms with Crippen molar-refractivity contribution in [2.24, 2.45) is 29.4 Å². The summed E-state index contributed by atoms with van der Waals surface area (Å²) in [6.45, 7) is 1.98. The number of nitrogens with two attached hydrogens (primary N) is 1. The Morgan fingerprint density at radius 2 is 1.58 bits per heavy atom. The molecule has 6 atom stereocenters. The lowest BCUT2D eigenvalue weighted by atomic mass is 9.80. The van der Waals surface area contributed by atoms with E-state index in [0.717, 1.165) is 18.3 Å². The second-order valence-electron chi connectivity index (χ2n) is 9.15. The molecule has 5 nitrogen and oxygen atoms in total. The number of rotatable bonds is 4. The fourth-order valence-electron chi connectivity index (χ4n) is 5.95. The molecule has 3 aliphatic rings. The largest absolute Gasteiger partial charge is 0.478 e. The van der Waals surface area contributed by atoms with Gasteiger partial charge in [0.25, 0.3) is 0 Å². The number of esters is 1. The lowest BCUT2D eigenvalue weighted by Crippen LogP contribution is -2.32. The van der Waals surface area contributed by atoms with Crippen LogP contribution in [0.25, 0.3) is 0 Å². The molecule has 0 spiro atoms. The van der Waals surface area contributed by atoms with Crippen LogP contribution in [0.4, 0.5) is 0 Å². The van der Waals surface area contributed by atoms with Crippen molar-refractivity contribution in [3.63, 3.8) is 0 Å². The van der Waals surface area contributed by atoms with E-state index in [-0.39, 0.29) is 23.3 Å². The first-order valence-electron chi connectivity index (χ1n) is 11.3. The average molecular weight is 422 g/mol. The second kappa shape index (κ2) is 9.23. The number of carboxylic acids is 1. The molecule has 2 aromatic rings. The highest BCUT2D eigenvalue weighted by Crippen LogP contribution is 2.59. The Hall–Kier alpha value is -2.66. The number of aromatic carboxylic acids is 1. The van der Waals surface area contributed by atoms with Gasteiger partial charge in [-0.3, -0.25) is 0 Å². The third-order valence-electron chi connectivity index (χ3n) is 7.33. The molecule has 5 rings (SSSR count). The van der Waals surface area contributed by atoms with Gasteiger partial charge in [0.2, 0.25) is 0 Å². The molecule has 31 heavy (non-hydrogen) atoms. The quantitative estimate of drug-likeness (QED) is 0.673. The van der Waals surface area contributed by atoms with Crippen LogP contribution in [0.15, 0.2) is 54.6 Å². The molecule has 5 heteroatoms. The van der Waals surface area contributed by atoms with Crippen LogP contribution in [0.2, 0.25) is 0 Å². The SMILES string of the molecule is CC(N)c1ccccc1.O=C(O)c1ccccc1C(=O)OC1CC2CC1C1CCCC21. The average Bonchev–Trinajstić information content (AvgIpc) is 3.48. The van der Waals surface area contributed by atoms with E-state index in [9.17, 15) is 14.7 Å². The van der Waals surface area contributed by atoms with Crippen molar-refractivity contribution in [1.29, 1.82) is 0 Å². The molecule has 3 N–H and O–H groups in total. The van der Waals surface area contributed by atoms with E-state index < -0.39 is 11.9 Å². The van der Waals surface area contributed by atoms with Crippen molar-refractivity contribution < 1.29 is 19.4 Å². The number of fused-ring (bicyclic) bond motifs is 5. The summed E-state index contributed by atoms with van der Waals surface area (Å²) >= 11 is 0. The van der Waals surface area contributed by atoms with Gasteiger partial charge in [-0.25, -0.2) is 9.59 Å². The fraction of sp³-hybridized carbons (Fsp3) is 0.462. The van der Waals surface area contributed by atoms with Gasteiger partial charge in [0, 0.05) is 6.04 Å². The fourth-order valence-corrected chi connectivity index (χ4v) is 5.95. The highest BCUT2D eigenvalue weighted by atomic mass is 16.5. The predicted molar refractivity (Wildman–Crippen MR) is 119 cm³/mol. The van der Waals surface area contributed by atoms with Gasteiger partial charge in [0.05, 0.1) is 11.1 Å². The van der Waals surface area contributed by atoms with Crippen LogP contribution in [0, 0.1) is 23.7 Å². The van der Waals surface area contributed by atoms with Crippen LogP contribution in [0.3, 0.4) is 0 Å². The van der Waals surface area contributed by atoms with Crippen LogP contribution in [-0.4, -0.2) is 23.1 Å². The van der Waals surface area contributed by atoms with E-state index in [0.29, 0.717) is 11.8 Å². The summed E-state index contributed by atoms with van der Waals surface area (Å²) in [5, 5.41) is 9.20. The number of hydrogen-bond acceptors (Lipinski definition) is 4. The summed E-state index contributed by atoms with van der Waals surface area (Å²) in [6.07, 6.45) is 6.06. The zero-order chi connectivity index (χ0) is 22.0. The maximum Gasteiger partial charge on any atom is 0.339 e. The third-order valence-corrected chi connectivity index (χ3v) is 7.33. The van der Waals surface area contributed by atoms with E-state index >= 15 is 0 Å². The van der Waals surface area contributed by atoms with Gasteiger partial charge in [0.1, 0.15) is 6.10 Å². The van der Waals surface area contributed by atoms with Crippen LogP contribution in [0.5, 0.6) is 0 Å². The summed E-state index contributed by atoms with van der Waals surface area (Å²) in [6, 6.07) is 16.5. The highest BCUT2D eigenvalue weighted by Gasteiger charge is 2.55. The van der Waals surface area contributed by atoms with E-state index in [2.05, 4.69) is 0 Å². The number of benzene rings is 2. The molecular formula is C26H31NO4. The summed E-state index contributed by atoms with van der Waals surface area (Å²) in [4.78, 5) is 23.6. The Kier molecular flexibility index (Phi) is 6.42. The lowest BCUT2D eigenvalue weighted by Gasteiger charge is -2.31. The Morgan fingerprint density at radius 1 is 0.935 bits per heavy atom. The molecule has 0 saturated heterocycles. The lowest BCUT2D eigenvalue weighted by molar-refractivity contribution is 0.00115. The number of carboxylic acid groups (broad SMARTS) is 1. The minimum Gasteiger partial charge on any atom is -0.478 e. The second-order valence-corrected chi connectivity index (χ2v) is 9.15. The Morgan fingerprint density at radius 3 is 2.23 bits per heavy atom. The molecule has 2 aromatic carbocycles. The molecule has 0 amide bonds. The van der Waals surface area contributed by atoms with Crippen molar-refractivity contribution in [3.05, 3.63) is 71.3 Å². The summed E-state index contributed by atoms with van der Waals surface area (Å²) in [5.41, 5.74) is 7.00. The van der Waals surface area contributed by atoms with E-state index in [1.54, 1.807) is 12.1 Å². The maximum atomic E-state index is 12.4.